The maximum atomic E-state index is 12.3. The highest BCUT2D eigenvalue weighted by molar-refractivity contribution is 7.91. The minimum absolute atomic E-state index is 0.145. The lowest BCUT2D eigenvalue weighted by Crippen LogP contribution is -2.04. The van der Waals surface area contributed by atoms with Crippen LogP contribution in [0.5, 0.6) is 0 Å². The summed E-state index contributed by atoms with van der Waals surface area (Å²) < 4.78 is 29.1. The van der Waals surface area contributed by atoms with Gasteiger partial charge in [0.2, 0.25) is 9.84 Å². The average molecular weight is 276 g/mol. The minimum atomic E-state index is -3.54. The van der Waals surface area contributed by atoms with Crippen LogP contribution < -0.4 is 0 Å². The normalized spacial score (nSPS) is 11.0. The van der Waals surface area contributed by atoms with E-state index in [1.807, 2.05) is 0 Å². The fraction of sp³-hybridized carbons (Fsp3) is 0.0714. The van der Waals surface area contributed by atoms with E-state index >= 15 is 0 Å². The quantitative estimate of drug-likeness (QED) is 0.807. The van der Waals surface area contributed by atoms with Crippen LogP contribution in [-0.4, -0.2) is 21.5 Å². The predicted octanol–water partition coefficient (Wildman–Crippen LogP) is 2.31. The molecule has 2 rings (SSSR count). The molecule has 0 bridgehead atoms. The van der Waals surface area contributed by atoms with E-state index < -0.39 is 15.8 Å². The maximum absolute atomic E-state index is 12.3. The van der Waals surface area contributed by atoms with Gasteiger partial charge in [-0.2, -0.15) is 0 Å². The van der Waals surface area contributed by atoms with Crippen molar-refractivity contribution in [3.63, 3.8) is 0 Å². The van der Waals surface area contributed by atoms with E-state index in [0.29, 0.717) is 5.56 Å². The zero-order valence-electron chi connectivity index (χ0n) is 10.2. The number of methoxy groups -OCH3 is 1. The van der Waals surface area contributed by atoms with Gasteiger partial charge in [0, 0.05) is 0 Å². The molecule has 2 aromatic rings. The van der Waals surface area contributed by atoms with Gasteiger partial charge in [-0.25, -0.2) is 13.2 Å². The third kappa shape index (κ3) is 2.66. The highest BCUT2D eigenvalue weighted by Gasteiger charge is 2.17. The summed E-state index contributed by atoms with van der Waals surface area (Å²) >= 11 is 0. The Kier molecular flexibility index (Phi) is 3.66. The SMILES string of the molecule is COC(=O)c1ccc(S(=O)(=O)c2ccccc2)cc1. The van der Waals surface area contributed by atoms with Crippen LogP contribution in [0, 0.1) is 0 Å². The lowest BCUT2D eigenvalue weighted by atomic mass is 10.2. The van der Waals surface area contributed by atoms with E-state index in [9.17, 15) is 13.2 Å². The Morgan fingerprint density at radius 2 is 1.42 bits per heavy atom. The summed E-state index contributed by atoms with van der Waals surface area (Å²) in [7, 11) is -2.27. The molecule has 0 N–H and O–H groups in total. The molecule has 0 unspecified atom stereocenters. The van der Waals surface area contributed by atoms with Gasteiger partial charge in [0.15, 0.2) is 0 Å². The van der Waals surface area contributed by atoms with Crippen molar-refractivity contribution in [2.45, 2.75) is 9.79 Å². The molecule has 5 heteroatoms. The van der Waals surface area contributed by atoms with Gasteiger partial charge in [0.25, 0.3) is 0 Å². The van der Waals surface area contributed by atoms with Gasteiger partial charge in [0.05, 0.1) is 22.5 Å². The second kappa shape index (κ2) is 5.24. The fourth-order valence-corrected chi connectivity index (χ4v) is 2.91. The molecule has 0 heterocycles. The molecule has 0 saturated carbocycles. The molecule has 0 spiro atoms. The number of ether oxygens (including phenoxy) is 1. The molecule has 0 fully saturated rings. The number of esters is 1. The first-order chi connectivity index (χ1) is 9.05. The van der Waals surface area contributed by atoms with Crippen LogP contribution >= 0.6 is 0 Å². The lowest BCUT2D eigenvalue weighted by molar-refractivity contribution is 0.0600. The van der Waals surface area contributed by atoms with Crippen molar-refractivity contribution in [1.29, 1.82) is 0 Å². The standard InChI is InChI=1S/C14H12O4S/c1-18-14(15)11-7-9-13(10-8-11)19(16,17)12-5-3-2-4-6-12/h2-10H,1H3. The first kappa shape index (κ1) is 13.3. The predicted molar refractivity (Wildman–Crippen MR) is 69.7 cm³/mol. The number of rotatable bonds is 3. The maximum Gasteiger partial charge on any atom is 0.337 e. The molecule has 0 amide bonds. The zero-order chi connectivity index (χ0) is 13.9. The number of benzene rings is 2. The van der Waals surface area contributed by atoms with E-state index in [-0.39, 0.29) is 9.79 Å². The van der Waals surface area contributed by atoms with Crippen LogP contribution in [0.4, 0.5) is 0 Å². The number of carbonyl (C=O) groups is 1. The average Bonchev–Trinajstić information content (AvgIpc) is 2.47. The molecule has 98 valence electrons. The molecule has 0 aliphatic heterocycles. The molecule has 0 aromatic heterocycles. The second-order valence-corrected chi connectivity index (χ2v) is 5.78. The van der Waals surface area contributed by atoms with Crippen molar-refractivity contribution < 1.29 is 17.9 Å². The Morgan fingerprint density at radius 3 is 1.95 bits per heavy atom. The number of sulfone groups is 1. The van der Waals surface area contributed by atoms with Crippen LogP contribution in [0.2, 0.25) is 0 Å². The summed E-state index contributed by atoms with van der Waals surface area (Å²) in [4.78, 5) is 11.6. The molecular formula is C14H12O4S. The van der Waals surface area contributed by atoms with E-state index in [1.54, 1.807) is 18.2 Å². The Bertz CT molecular complexity index is 673. The molecule has 0 atom stereocenters. The third-order valence-electron chi connectivity index (χ3n) is 2.64. The molecule has 0 saturated heterocycles. The first-order valence-corrected chi connectivity index (χ1v) is 7.02. The summed E-state index contributed by atoms with van der Waals surface area (Å²) in [6.07, 6.45) is 0. The summed E-state index contributed by atoms with van der Waals surface area (Å²) in [5.74, 6) is -0.497. The van der Waals surface area contributed by atoms with Crippen LogP contribution in [0.1, 0.15) is 10.4 Å². The molecule has 0 aliphatic carbocycles. The second-order valence-electron chi connectivity index (χ2n) is 3.83. The van der Waals surface area contributed by atoms with Crippen LogP contribution in [-0.2, 0) is 14.6 Å². The molecule has 2 aromatic carbocycles. The minimum Gasteiger partial charge on any atom is -0.465 e. The van der Waals surface area contributed by atoms with E-state index in [1.165, 1.54) is 43.5 Å². The number of hydrogen-bond donors (Lipinski definition) is 0. The van der Waals surface area contributed by atoms with Crippen LogP contribution in [0.3, 0.4) is 0 Å². The highest BCUT2D eigenvalue weighted by Crippen LogP contribution is 2.20. The summed E-state index contributed by atoms with van der Waals surface area (Å²) in [5, 5.41) is 0. The van der Waals surface area contributed by atoms with Crippen molar-refractivity contribution in [1.82, 2.24) is 0 Å². The Balaban J connectivity index is 2.40. The van der Waals surface area contributed by atoms with E-state index in [4.69, 9.17) is 0 Å². The zero-order valence-corrected chi connectivity index (χ0v) is 11.1. The summed E-state index contributed by atoms with van der Waals surface area (Å²) in [6, 6.07) is 13.8. The topological polar surface area (TPSA) is 60.4 Å². The van der Waals surface area contributed by atoms with Gasteiger partial charge in [-0.1, -0.05) is 18.2 Å². The first-order valence-electron chi connectivity index (χ1n) is 5.54. The summed E-state index contributed by atoms with van der Waals surface area (Å²) in [6.45, 7) is 0. The fourth-order valence-electron chi connectivity index (χ4n) is 1.62. The van der Waals surface area contributed by atoms with Crippen molar-refractivity contribution >= 4 is 15.8 Å². The van der Waals surface area contributed by atoms with Crippen molar-refractivity contribution in [3.05, 3.63) is 60.2 Å². The van der Waals surface area contributed by atoms with Gasteiger partial charge >= 0.3 is 5.97 Å². The third-order valence-corrected chi connectivity index (χ3v) is 4.42. The lowest BCUT2D eigenvalue weighted by Gasteiger charge is -2.05. The monoisotopic (exact) mass is 276 g/mol. The van der Waals surface area contributed by atoms with Gasteiger partial charge in [-0.3, -0.25) is 0 Å². The Morgan fingerprint density at radius 1 is 0.895 bits per heavy atom. The summed E-state index contributed by atoms with van der Waals surface area (Å²) in [5.41, 5.74) is 0.314. The molecule has 0 aliphatic rings. The Labute approximate surface area is 111 Å². The smallest absolute Gasteiger partial charge is 0.337 e. The number of carbonyl (C=O) groups excluding carboxylic acids is 1. The molecular weight excluding hydrogens is 264 g/mol. The van der Waals surface area contributed by atoms with Gasteiger partial charge in [0.1, 0.15) is 0 Å². The molecule has 4 nitrogen and oxygen atoms in total. The van der Waals surface area contributed by atoms with Crippen molar-refractivity contribution in [2.24, 2.45) is 0 Å². The van der Waals surface area contributed by atoms with E-state index in [2.05, 4.69) is 4.74 Å². The van der Waals surface area contributed by atoms with Crippen molar-refractivity contribution in [3.8, 4) is 0 Å². The van der Waals surface area contributed by atoms with Crippen LogP contribution in [0.15, 0.2) is 64.4 Å². The van der Waals surface area contributed by atoms with Crippen LogP contribution in [0.25, 0.3) is 0 Å². The molecule has 0 radical (unpaired) electrons. The number of hydrogen-bond acceptors (Lipinski definition) is 4. The largest absolute Gasteiger partial charge is 0.465 e. The van der Waals surface area contributed by atoms with Gasteiger partial charge in [-0.05, 0) is 36.4 Å². The van der Waals surface area contributed by atoms with Crippen molar-refractivity contribution in [2.75, 3.05) is 7.11 Å². The van der Waals surface area contributed by atoms with Gasteiger partial charge < -0.3 is 4.74 Å². The Hall–Kier alpha value is -2.14. The van der Waals surface area contributed by atoms with Gasteiger partial charge in [-0.15, -0.1) is 0 Å². The van der Waals surface area contributed by atoms with E-state index in [0.717, 1.165) is 0 Å². The highest BCUT2D eigenvalue weighted by atomic mass is 32.2. The molecule has 19 heavy (non-hydrogen) atoms.